The summed E-state index contributed by atoms with van der Waals surface area (Å²) in [5.41, 5.74) is 7.58. The van der Waals surface area contributed by atoms with Crippen molar-refractivity contribution in [2.45, 2.75) is 19.8 Å². The van der Waals surface area contributed by atoms with Crippen LogP contribution in [0.4, 0.5) is 5.69 Å². The molecule has 3 rings (SSSR count). The lowest BCUT2D eigenvalue weighted by molar-refractivity contribution is -0.115. The summed E-state index contributed by atoms with van der Waals surface area (Å²) in [4.78, 5) is 28.9. The number of anilines is 1. The third kappa shape index (κ3) is 4.42. The molecule has 154 valence electrons. The van der Waals surface area contributed by atoms with Crippen LogP contribution in [0, 0.1) is 24.2 Å². The maximum Gasteiger partial charge on any atom is 0.247 e. The second-order valence-electron chi connectivity index (χ2n) is 6.66. The summed E-state index contributed by atoms with van der Waals surface area (Å²) < 4.78 is 5.46. The molecule has 9 heteroatoms. The minimum Gasteiger partial charge on any atom is -0.469 e. The van der Waals surface area contributed by atoms with Gasteiger partial charge in [0.05, 0.1) is 34.6 Å². The predicted molar refractivity (Wildman–Crippen MR) is 117 cm³/mol. The molecule has 0 radical (unpaired) electrons. The Balaban J connectivity index is 1.82. The molecular weight excluding hydrogens is 424 g/mol. The minimum absolute atomic E-state index is 0.0347. The van der Waals surface area contributed by atoms with Crippen molar-refractivity contribution in [1.82, 2.24) is 0 Å². The molecule has 0 fully saturated rings. The van der Waals surface area contributed by atoms with Crippen LogP contribution in [0.2, 0.25) is 5.02 Å². The Morgan fingerprint density at radius 1 is 1.33 bits per heavy atom. The second-order valence-corrected chi connectivity index (χ2v) is 8.07. The Bertz CT molecular complexity index is 1090. The topological polar surface area (TPSA) is 121 Å². The summed E-state index contributed by atoms with van der Waals surface area (Å²) in [6, 6.07) is 10.8. The fourth-order valence-corrected chi connectivity index (χ4v) is 4.35. The normalized spacial score (nSPS) is 18.5. The van der Waals surface area contributed by atoms with Crippen LogP contribution in [0.25, 0.3) is 0 Å². The van der Waals surface area contributed by atoms with E-state index in [9.17, 15) is 14.9 Å². The molecule has 7 nitrogen and oxygen atoms in total. The van der Waals surface area contributed by atoms with Crippen LogP contribution in [0.3, 0.4) is 0 Å². The van der Waals surface area contributed by atoms with Crippen LogP contribution in [0.1, 0.15) is 24.2 Å². The number of furan rings is 1. The lowest BCUT2D eigenvalue weighted by Crippen LogP contribution is -2.32. The molecule has 2 heterocycles. The van der Waals surface area contributed by atoms with Gasteiger partial charge in [-0.05, 0) is 43.7 Å². The maximum absolute atomic E-state index is 12.5. The molecule has 1 unspecified atom stereocenters. The molecule has 2 amide bonds. The summed E-state index contributed by atoms with van der Waals surface area (Å²) >= 11 is 7.23. The van der Waals surface area contributed by atoms with Crippen molar-refractivity contribution in [2.24, 2.45) is 16.6 Å². The van der Waals surface area contributed by atoms with Gasteiger partial charge in [-0.1, -0.05) is 29.4 Å². The Labute approximate surface area is 183 Å². The van der Waals surface area contributed by atoms with Crippen LogP contribution in [0.5, 0.6) is 0 Å². The summed E-state index contributed by atoms with van der Waals surface area (Å²) in [6.07, 6.45) is 1.47. The molecule has 2 atom stereocenters. The Morgan fingerprint density at radius 2 is 2.10 bits per heavy atom. The average molecular weight is 443 g/mol. The highest BCUT2D eigenvalue weighted by molar-refractivity contribution is 8.14. The first-order valence-corrected chi connectivity index (χ1v) is 10.4. The lowest BCUT2D eigenvalue weighted by atomic mass is 9.82. The maximum atomic E-state index is 12.5. The van der Waals surface area contributed by atoms with E-state index in [-0.39, 0.29) is 17.2 Å². The van der Waals surface area contributed by atoms with E-state index in [2.05, 4.69) is 16.4 Å². The van der Waals surface area contributed by atoms with Gasteiger partial charge in [0, 0.05) is 16.4 Å². The molecule has 1 aliphatic rings. The summed E-state index contributed by atoms with van der Waals surface area (Å²) in [7, 11) is 0. The highest BCUT2D eigenvalue weighted by Crippen LogP contribution is 2.41. The molecule has 0 spiro atoms. The van der Waals surface area contributed by atoms with Gasteiger partial charge in [0.25, 0.3) is 0 Å². The molecular formula is C21H19ClN4O3S. The van der Waals surface area contributed by atoms with E-state index in [1.165, 1.54) is 6.26 Å². The quantitative estimate of drug-likeness (QED) is 0.724. The van der Waals surface area contributed by atoms with Crippen molar-refractivity contribution in [1.29, 1.82) is 5.26 Å². The van der Waals surface area contributed by atoms with Gasteiger partial charge in [0.2, 0.25) is 11.8 Å². The number of nitriles is 1. The van der Waals surface area contributed by atoms with E-state index in [4.69, 9.17) is 21.8 Å². The van der Waals surface area contributed by atoms with Gasteiger partial charge >= 0.3 is 0 Å². The number of hydrogen-bond acceptors (Lipinski definition) is 6. The molecule has 1 aliphatic heterocycles. The van der Waals surface area contributed by atoms with Crippen molar-refractivity contribution in [3.8, 4) is 6.07 Å². The Kier molecular flexibility index (Phi) is 6.65. The number of rotatable bonds is 5. The number of nitrogens with two attached hydrogens (primary N) is 1. The number of nitrogens with zero attached hydrogens (tertiary/aromatic N) is 2. The van der Waals surface area contributed by atoms with Gasteiger partial charge in [-0.25, -0.2) is 4.99 Å². The molecule has 0 saturated heterocycles. The van der Waals surface area contributed by atoms with E-state index < -0.39 is 17.7 Å². The molecule has 1 aromatic heterocycles. The van der Waals surface area contributed by atoms with Gasteiger partial charge in [-0.2, -0.15) is 5.26 Å². The van der Waals surface area contributed by atoms with Crippen molar-refractivity contribution in [3.05, 3.63) is 64.2 Å². The molecule has 30 heavy (non-hydrogen) atoms. The van der Waals surface area contributed by atoms with Crippen molar-refractivity contribution < 1.29 is 14.0 Å². The van der Waals surface area contributed by atoms with E-state index in [1.807, 2.05) is 6.92 Å². The van der Waals surface area contributed by atoms with Crippen LogP contribution in [0.15, 0.2) is 57.3 Å². The minimum atomic E-state index is -0.798. The number of halogens is 1. The zero-order valence-corrected chi connectivity index (χ0v) is 17.9. The average Bonchev–Trinajstić information content (AvgIpc) is 3.23. The molecule has 3 N–H and O–H groups in total. The number of allylic oxidation sites excluding steroid dienone is 1. The summed E-state index contributed by atoms with van der Waals surface area (Å²) in [6.45, 7) is 3.47. The van der Waals surface area contributed by atoms with Crippen LogP contribution >= 0.6 is 23.4 Å². The van der Waals surface area contributed by atoms with Crippen LogP contribution in [-0.4, -0.2) is 22.6 Å². The van der Waals surface area contributed by atoms with E-state index in [1.54, 1.807) is 37.3 Å². The molecule has 0 bridgehead atoms. The number of aliphatic imine (C=N–C) groups is 1. The van der Waals surface area contributed by atoms with Crippen LogP contribution < -0.4 is 11.1 Å². The van der Waals surface area contributed by atoms with Gasteiger partial charge in [-0.3, -0.25) is 9.59 Å². The van der Waals surface area contributed by atoms with E-state index >= 15 is 0 Å². The number of hydrogen-bond donors (Lipinski definition) is 2. The standard InChI is InChI=1S/C21H19ClN4O3S/c1-11-14(22)5-3-6-15(11)26-17(27)10-30-21-13(9-23)19(16-7-4-8-29-16)18(20(24)28)12(2)25-21/h3-8,13,19H,10H2,1-2H3,(H2,24,28)(H,26,27)/t13?,19-/m1/s1. The van der Waals surface area contributed by atoms with Gasteiger partial charge < -0.3 is 15.5 Å². The number of carbonyl (C=O) groups is 2. The highest BCUT2D eigenvalue weighted by atomic mass is 35.5. The van der Waals surface area contributed by atoms with Gasteiger partial charge in [-0.15, -0.1) is 0 Å². The number of carbonyl (C=O) groups excluding carboxylic acids is 2. The van der Waals surface area contributed by atoms with Gasteiger partial charge in [0.1, 0.15) is 11.7 Å². The first-order chi connectivity index (χ1) is 14.3. The molecule has 0 saturated carbocycles. The first kappa shape index (κ1) is 21.7. The van der Waals surface area contributed by atoms with Crippen LogP contribution in [-0.2, 0) is 9.59 Å². The zero-order valence-electron chi connectivity index (χ0n) is 16.3. The summed E-state index contributed by atoms with van der Waals surface area (Å²) in [5, 5.41) is 13.6. The zero-order chi connectivity index (χ0) is 21.8. The largest absolute Gasteiger partial charge is 0.469 e. The number of nitrogens with one attached hydrogen (secondary N) is 1. The second kappa shape index (κ2) is 9.20. The predicted octanol–water partition coefficient (Wildman–Crippen LogP) is 4.01. The Morgan fingerprint density at radius 3 is 2.73 bits per heavy atom. The number of primary amides is 1. The molecule has 2 aromatic rings. The van der Waals surface area contributed by atoms with E-state index in [0.29, 0.717) is 27.2 Å². The van der Waals surface area contributed by atoms with Crippen molar-refractivity contribution >= 4 is 45.9 Å². The number of benzene rings is 1. The third-order valence-electron chi connectivity index (χ3n) is 4.73. The summed E-state index contributed by atoms with van der Waals surface area (Å²) in [5.74, 6) is -1.92. The van der Waals surface area contributed by atoms with E-state index in [0.717, 1.165) is 17.3 Å². The van der Waals surface area contributed by atoms with Gasteiger partial charge in [0.15, 0.2) is 0 Å². The van der Waals surface area contributed by atoms with Crippen molar-refractivity contribution in [2.75, 3.05) is 11.1 Å². The lowest BCUT2D eigenvalue weighted by Gasteiger charge is -2.27. The smallest absolute Gasteiger partial charge is 0.247 e. The Hall–Kier alpha value is -3.02. The molecule has 0 aliphatic carbocycles. The first-order valence-electron chi connectivity index (χ1n) is 9.03. The fourth-order valence-electron chi connectivity index (χ4n) is 3.26. The van der Waals surface area contributed by atoms with Crippen molar-refractivity contribution in [3.63, 3.8) is 0 Å². The SMILES string of the molecule is CC1=C(C(N)=O)[C@@H](c2ccco2)C(C#N)C(SCC(=O)Nc2cccc(Cl)c2C)=N1. The highest BCUT2D eigenvalue weighted by Gasteiger charge is 2.39. The third-order valence-corrected chi connectivity index (χ3v) is 6.18. The monoisotopic (exact) mass is 442 g/mol. The fraction of sp³-hybridized carbons (Fsp3) is 0.238. The number of amides is 2. The number of thioether (sulfide) groups is 1. The molecule has 1 aromatic carbocycles.